The summed E-state index contributed by atoms with van der Waals surface area (Å²) >= 11 is 0. The maximum absolute atomic E-state index is 13.1. The van der Waals surface area contributed by atoms with Crippen molar-refractivity contribution in [3.05, 3.63) is 35.4 Å². The predicted molar refractivity (Wildman–Crippen MR) is 90.1 cm³/mol. The van der Waals surface area contributed by atoms with Gasteiger partial charge in [0.15, 0.2) is 0 Å². The monoisotopic (exact) mass is 336 g/mol. The number of nitriles is 1. The van der Waals surface area contributed by atoms with Crippen LogP contribution in [0.15, 0.2) is 24.3 Å². The van der Waals surface area contributed by atoms with E-state index in [2.05, 4.69) is 11.0 Å². The number of nitrogens with zero attached hydrogens (tertiary/aromatic N) is 2. The van der Waals surface area contributed by atoms with Crippen LogP contribution in [0.2, 0.25) is 0 Å². The Kier molecular flexibility index (Phi) is 6.80. The minimum Gasteiger partial charge on any atom is -0.308 e. The summed E-state index contributed by atoms with van der Waals surface area (Å²) in [4.78, 5) is 2.21. The largest absolute Gasteiger partial charge is 0.347 e. The van der Waals surface area contributed by atoms with Gasteiger partial charge in [-0.25, -0.2) is 0 Å². The molecule has 1 unspecified atom stereocenters. The van der Waals surface area contributed by atoms with E-state index in [-0.39, 0.29) is 5.78 Å². The van der Waals surface area contributed by atoms with Gasteiger partial charge in [0, 0.05) is 6.54 Å². The van der Waals surface area contributed by atoms with E-state index < -0.39 is 7.60 Å². The number of piperidine rings is 1. The Balaban J connectivity index is 2.16. The van der Waals surface area contributed by atoms with Gasteiger partial charge in [0.25, 0.3) is 0 Å². The van der Waals surface area contributed by atoms with Crippen LogP contribution < -0.4 is 0 Å². The average Bonchev–Trinajstić information content (AvgIpc) is 2.56. The molecule has 0 amide bonds. The minimum atomic E-state index is -3.13. The molecule has 1 heterocycles. The first kappa shape index (κ1) is 18.2. The molecule has 5 nitrogen and oxygen atoms in total. The lowest BCUT2D eigenvalue weighted by atomic mass is 10.1. The van der Waals surface area contributed by atoms with Crippen molar-refractivity contribution in [1.82, 2.24) is 4.90 Å². The van der Waals surface area contributed by atoms with Crippen LogP contribution >= 0.6 is 7.60 Å². The highest BCUT2D eigenvalue weighted by atomic mass is 31.2. The second-order valence-corrected chi connectivity index (χ2v) is 7.82. The van der Waals surface area contributed by atoms with Crippen molar-refractivity contribution in [2.45, 2.75) is 45.4 Å². The minimum absolute atomic E-state index is 0.188. The van der Waals surface area contributed by atoms with E-state index in [0.29, 0.717) is 25.3 Å². The van der Waals surface area contributed by atoms with Crippen LogP contribution in [-0.4, -0.2) is 30.4 Å². The number of likely N-dealkylation sites (tertiary alicyclic amines) is 1. The number of hydrogen-bond donors (Lipinski definition) is 0. The third-order valence-corrected chi connectivity index (χ3v) is 6.58. The van der Waals surface area contributed by atoms with Crippen molar-refractivity contribution < 1.29 is 13.6 Å². The molecule has 0 aromatic heterocycles. The first-order valence-corrected chi connectivity index (χ1v) is 9.86. The van der Waals surface area contributed by atoms with Crippen LogP contribution in [-0.2, 0) is 20.2 Å². The van der Waals surface area contributed by atoms with Gasteiger partial charge in [0.05, 0.1) is 24.8 Å². The Hall–Kier alpha value is -1.18. The van der Waals surface area contributed by atoms with E-state index in [1.807, 2.05) is 38.1 Å². The SMILES string of the molecule is CCOP(=O)(OCC)C1CCCCN1Cc1ccc(C#N)cc1. The molecule has 0 N–H and O–H groups in total. The van der Waals surface area contributed by atoms with Gasteiger partial charge < -0.3 is 9.05 Å². The molecule has 0 spiro atoms. The maximum Gasteiger partial charge on any atom is 0.347 e. The highest BCUT2D eigenvalue weighted by Gasteiger charge is 2.40. The molecule has 0 bridgehead atoms. The Labute approximate surface area is 138 Å². The van der Waals surface area contributed by atoms with Gasteiger partial charge in [-0.1, -0.05) is 12.1 Å². The molecular formula is C17H25N2O3P. The molecule has 0 saturated carbocycles. The lowest BCUT2D eigenvalue weighted by molar-refractivity contribution is 0.133. The van der Waals surface area contributed by atoms with Gasteiger partial charge in [-0.2, -0.15) is 5.26 Å². The third kappa shape index (κ3) is 4.65. The Bertz CT molecular complexity index is 572. The summed E-state index contributed by atoms with van der Waals surface area (Å²) < 4.78 is 24.3. The first-order valence-electron chi connectivity index (χ1n) is 8.24. The molecule has 6 heteroatoms. The fourth-order valence-electron chi connectivity index (χ4n) is 3.00. The zero-order valence-electron chi connectivity index (χ0n) is 13.9. The van der Waals surface area contributed by atoms with Crippen LogP contribution in [0.4, 0.5) is 0 Å². The van der Waals surface area contributed by atoms with Gasteiger partial charge in [0.1, 0.15) is 5.78 Å². The van der Waals surface area contributed by atoms with E-state index in [4.69, 9.17) is 14.3 Å². The summed E-state index contributed by atoms with van der Waals surface area (Å²) in [5, 5.41) is 8.89. The molecule has 2 rings (SSSR count). The molecule has 126 valence electrons. The predicted octanol–water partition coefficient (Wildman–Crippen LogP) is 4.14. The molecule has 1 fully saturated rings. The average molecular weight is 336 g/mol. The second-order valence-electron chi connectivity index (χ2n) is 5.63. The molecule has 1 aromatic carbocycles. The number of rotatable bonds is 7. The molecule has 0 radical (unpaired) electrons. The lowest BCUT2D eigenvalue weighted by Crippen LogP contribution is -2.39. The molecule has 1 aliphatic heterocycles. The number of hydrogen-bond acceptors (Lipinski definition) is 5. The van der Waals surface area contributed by atoms with Gasteiger partial charge in [-0.3, -0.25) is 9.46 Å². The summed E-state index contributed by atoms with van der Waals surface area (Å²) in [5.41, 5.74) is 1.76. The molecule has 1 aromatic rings. The van der Waals surface area contributed by atoms with E-state index in [0.717, 1.165) is 31.4 Å². The van der Waals surface area contributed by atoms with E-state index in [1.165, 1.54) is 0 Å². The summed E-state index contributed by atoms with van der Waals surface area (Å²) in [7, 11) is -3.13. The molecule has 1 atom stereocenters. The molecule has 1 aliphatic rings. The van der Waals surface area contributed by atoms with Crippen molar-refractivity contribution in [2.24, 2.45) is 0 Å². The van der Waals surface area contributed by atoms with Crippen LogP contribution in [0.1, 0.15) is 44.2 Å². The van der Waals surface area contributed by atoms with Crippen molar-refractivity contribution in [1.29, 1.82) is 5.26 Å². The van der Waals surface area contributed by atoms with Crippen molar-refractivity contribution >= 4 is 7.60 Å². The highest BCUT2D eigenvalue weighted by molar-refractivity contribution is 7.54. The summed E-state index contributed by atoms with van der Waals surface area (Å²) in [6, 6.07) is 9.67. The summed E-state index contributed by atoms with van der Waals surface area (Å²) in [6.45, 7) is 6.05. The lowest BCUT2D eigenvalue weighted by Gasteiger charge is -2.38. The van der Waals surface area contributed by atoms with Crippen LogP contribution in [0.5, 0.6) is 0 Å². The Morgan fingerprint density at radius 2 is 1.87 bits per heavy atom. The molecular weight excluding hydrogens is 311 g/mol. The van der Waals surface area contributed by atoms with Crippen LogP contribution in [0.25, 0.3) is 0 Å². The topological polar surface area (TPSA) is 62.6 Å². The van der Waals surface area contributed by atoms with E-state index >= 15 is 0 Å². The van der Waals surface area contributed by atoms with Gasteiger partial charge in [-0.05, 0) is 57.4 Å². The zero-order chi connectivity index (χ0) is 16.7. The fourth-order valence-corrected chi connectivity index (χ4v) is 5.24. The van der Waals surface area contributed by atoms with Crippen molar-refractivity contribution in [2.75, 3.05) is 19.8 Å². The highest BCUT2D eigenvalue weighted by Crippen LogP contribution is 2.56. The smallest absolute Gasteiger partial charge is 0.308 e. The van der Waals surface area contributed by atoms with Crippen LogP contribution in [0, 0.1) is 11.3 Å². The Morgan fingerprint density at radius 3 is 2.43 bits per heavy atom. The van der Waals surface area contributed by atoms with Gasteiger partial charge in [-0.15, -0.1) is 0 Å². The third-order valence-electron chi connectivity index (χ3n) is 4.03. The van der Waals surface area contributed by atoms with E-state index in [9.17, 15) is 4.57 Å². The van der Waals surface area contributed by atoms with Gasteiger partial charge >= 0.3 is 7.60 Å². The van der Waals surface area contributed by atoms with Crippen molar-refractivity contribution in [3.63, 3.8) is 0 Å². The molecule has 23 heavy (non-hydrogen) atoms. The first-order chi connectivity index (χ1) is 11.1. The van der Waals surface area contributed by atoms with Crippen LogP contribution in [0.3, 0.4) is 0 Å². The number of benzene rings is 1. The van der Waals surface area contributed by atoms with Crippen molar-refractivity contribution in [3.8, 4) is 6.07 Å². The fraction of sp³-hybridized carbons (Fsp3) is 0.588. The standard InChI is InChI=1S/C17H25N2O3P/c1-3-21-23(20,22-4-2)17-7-5-6-12-19(17)14-16-10-8-15(13-18)9-11-16/h8-11,17H,3-7,12,14H2,1-2H3. The Morgan fingerprint density at radius 1 is 1.22 bits per heavy atom. The second kappa shape index (κ2) is 8.61. The summed E-state index contributed by atoms with van der Waals surface area (Å²) in [6.07, 6.45) is 2.96. The molecule has 0 aliphatic carbocycles. The van der Waals surface area contributed by atoms with Gasteiger partial charge in [0.2, 0.25) is 0 Å². The quantitative estimate of drug-likeness (QED) is 0.700. The maximum atomic E-state index is 13.1. The zero-order valence-corrected chi connectivity index (χ0v) is 14.8. The molecule has 1 saturated heterocycles. The normalized spacial score (nSPS) is 19.4. The van der Waals surface area contributed by atoms with E-state index in [1.54, 1.807) is 0 Å². The summed E-state index contributed by atoms with van der Waals surface area (Å²) in [5.74, 6) is -0.188.